The van der Waals surface area contributed by atoms with Gasteiger partial charge in [0.1, 0.15) is 6.04 Å². The van der Waals surface area contributed by atoms with E-state index < -0.39 is 0 Å². The zero-order valence-electron chi connectivity index (χ0n) is 15.7. The molecule has 2 unspecified atom stereocenters. The molecule has 1 aliphatic heterocycles. The number of fused-ring (bicyclic) bond motifs is 1. The van der Waals surface area contributed by atoms with Gasteiger partial charge in [-0.2, -0.15) is 9.50 Å². The molecule has 0 aliphatic carbocycles. The molecule has 1 aliphatic rings. The number of aromatic nitrogens is 4. The number of ether oxygens (including phenoxy) is 1. The van der Waals surface area contributed by atoms with Gasteiger partial charge in [0.2, 0.25) is 5.95 Å². The van der Waals surface area contributed by atoms with Crippen LogP contribution in [0.5, 0.6) is 0 Å². The third-order valence-corrected chi connectivity index (χ3v) is 5.15. The Labute approximate surface area is 151 Å². The van der Waals surface area contributed by atoms with Crippen molar-refractivity contribution < 1.29 is 9.53 Å². The number of rotatable bonds is 3. The fourth-order valence-corrected chi connectivity index (χ4v) is 3.56. The molecule has 3 N–H and O–H groups in total. The summed E-state index contributed by atoms with van der Waals surface area (Å²) in [5.41, 5.74) is 6.01. The monoisotopic (exact) mass is 362 g/mol. The van der Waals surface area contributed by atoms with Crippen LogP contribution in [0.2, 0.25) is 0 Å². The van der Waals surface area contributed by atoms with Crippen LogP contribution in [0.25, 0.3) is 5.78 Å². The van der Waals surface area contributed by atoms with Gasteiger partial charge in [0.25, 0.3) is 11.3 Å². The minimum Gasteiger partial charge on any atom is -0.468 e. The fraction of sp³-hybridized carbons (Fsp3) is 0.647. The zero-order valence-corrected chi connectivity index (χ0v) is 15.7. The van der Waals surface area contributed by atoms with Gasteiger partial charge in [-0.15, -0.1) is 0 Å². The first-order chi connectivity index (χ1) is 12.2. The second-order valence-corrected chi connectivity index (χ2v) is 7.94. The lowest BCUT2D eigenvalue weighted by atomic mass is 9.75. The number of nitrogen functional groups attached to an aromatic ring is 1. The molecule has 26 heavy (non-hydrogen) atoms. The average molecular weight is 362 g/mol. The molecule has 142 valence electrons. The van der Waals surface area contributed by atoms with Crippen molar-refractivity contribution in [1.29, 1.82) is 0 Å². The van der Waals surface area contributed by atoms with Gasteiger partial charge in [-0.25, -0.2) is 4.98 Å². The Bertz CT molecular complexity index is 865. The Morgan fingerprint density at radius 3 is 2.77 bits per heavy atom. The fourth-order valence-electron chi connectivity index (χ4n) is 3.56. The van der Waals surface area contributed by atoms with Crippen LogP contribution < -0.4 is 11.3 Å². The first-order valence-corrected chi connectivity index (χ1v) is 8.75. The molecule has 2 aromatic heterocycles. The minimum atomic E-state index is -0.330. The van der Waals surface area contributed by atoms with Gasteiger partial charge in [-0.05, 0) is 24.2 Å². The lowest BCUT2D eigenvalue weighted by molar-refractivity contribution is -0.150. The summed E-state index contributed by atoms with van der Waals surface area (Å²) in [4.78, 5) is 34.9. The Morgan fingerprint density at radius 1 is 1.38 bits per heavy atom. The lowest BCUT2D eigenvalue weighted by Gasteiger charge is -2.43. The van der Waals surface area contributed by atoms with Gasteiger partial charge in [0.15, 0.2) is 0 Å². The van der Waals surface area contributed by atoms with E-state index in [-0.39, 0.29) is 34.7 Å². The zero-order chi connectivity index (χ0) is 19.1. The Kier molecular flexibility index (Phi) is 4.74. The van der Waals surface area contributed by atoms with E-state index in [1.165, 1.54) is 17.7 Å². The number of anilines is 1. The number of piperidine rings is 1. The molecule has 0 radical (unpaired) electrons. The average Bonchev–Trinajstić information content (AvgIpc) is 2.94. The summed E-state index contributed by atoms with van der Waals surface area (Å²) in [5, 5.41) is 2.64. The number of hydrogen-bond donors (Lipinski definition) is 2. The molecule has 3 rings (SSSR count). The maximum Gasteiger partial charge on any atom is 0.323 e. The molecule has 9 nitrogen and oxygen atoms in total. The Balaban J connectivity index is 1.90. The molecule has 0 amide bonds. The normalized spacial score (nSPS) is 21.8. The van der Waals surface area contributed by atoms with Crippen molar-refractivity contribution in [3.63, 3.8) is 0 Å². The molecular formula is C17H26N6O3. The van der Waals surface area contributed by atoms with Crippen molar-refractivity contribution in [2.75, 3.05) is 19.4 Å². The number of nitrogens with zero attached hydrogens (tertiary/aromatic N) is 4. The number of likely N-dealkylation sites (tertiary alicyclic amines) is 1. The molecule has 1 saturated heterocycles. The number of H-pyrrole nitrogens is 1. The van der Waals surface area contributed by atoms with Gasteiger partial charge in [0, 0.05) is 19.2 Å². The predicted octanol–water partition coefficient (Wildman–Crippen LogP) is 0.800. The van der Waals surface area contributed by atoms with Crippen molar-refractivity contribution in [2.45, 2.75) is 46.2 Å². The molecular weight excluding hydrogens is 336 g/mol. The molecule has 0 spiro atoms. The summed E-state index contributed by atoms with van der Waals surface area (Å²) in [7, 11) is 1.40. The quantitative estimate of drug-likeness (QED) is 0.775. The van der Waals surface area contributed by atoms with Crippen LogP contribution in [0.1, 0.15) is 39.3 Å². The van der Waals surface area contributed by atoms with Crippen LogP contribution in [0.3, 0.4) is 0 Å². The lowest BCUT2D eigenvalue weighted by Crippen LogP contribution is -2.50. The van der Waals surface area contributed by atoms with E-state index in [9.17, 15) is 9.59 Å². The van der Waals surface area contributed by atoms with Gasteiger partial charge in [-0.3, -0.25) is 19.6 Å². The smallest absolute Gasteiger partial charge is 0.323 e. The van der Waals surface area contributed by atoms with Crippen LogP contribution in [-0.2, 0) is 16.1 Å². The molecule has 1 fully saturated rings. The van der Waals surface area contributed by atoms with Crippen LogP contribution in [0.4, 0.5) is 5.95 Å². The molecule has 2 aromatic rings. The third kappa shape index (κ3) is 3.57. The maximum absolute atomic E-state index is 12.2. The molecule has 3 heterocycles. The van der Waals surface area contributed by atoms with Crippen LogP contribution >= 0.6 is 0 Å². The van der Waals surface area contributed by atoms with Crippen molar-refractivity contribution in [3.05, 3.63) is 22.1 Å². The first-order valence-electron chi connectivity index (χ1n) is 8.75. The summed E-state index contributed by atoms with van der Waals surface area (Å²) in [6.07, 6.45) is 1.69. The number of hydrogen-bond acceptors (Lipinski definition) is 7. The number of carbonyl (C=O) groups is 1. The minimum absolute atomic E-state index is 0.130. The van der Waals surface area contributed by atoms with Crippen LogP contribution in [-0.4, -0.2) is 50.1 Å². The van der Waals surface area contributed by atoms with Crippen molar-refractivity contribution in [2.24, 2.45) is 11.3 Å². The maximum atomic E-state index is 12.2. The van der Waals surface area contributed by atoms with Gasteiger partial charge < -0.3 is 10.5 Å². The predicted molar refractivity (Wildman–Crippen MR) is 96.4 cm³/mol. The van der Waals surface area contributed by atoms with E-state index >= 15 is 0 Å². The summed E-state index contributed by atoms with van der Waals surface area (Å²) in [6.45, 7) is 7.74. The molecule has 9 heteroatoms. The van der Waals surface area contributed by atoms with Crippen molar-refractivity contribution >= 4 is 17.7 Å². The van der Waals surface area contributed by atoms with E-state index in [1.54, 1.807) is 0 Å². The van der Waals surface area contributed by atoms with Crippen molar-refractivity contribution in [1.82, 2.24) is 24.5 Å². The number of nitrogens with one attached hydrogen (secondary N) is 1. The summed E-state index contributed by atoms with van der Waals surface area (Å²) >= 11 is 0. The first kappa shape index (κ1) is 18.4. The summed E-state index contributed by atoms with van der Waals surface area (Å²) in [6, 6.07) is 1.11. The van der Waals surface area contributed by atoms with Gasteiger partial charge in [-0.1, -0.05) is 20.8 Å². The van der Waals surface area contributed by atoms with Gasteiger partial charge >= 0.3 is 5.97 Å². The van der Waals surface area contributed by atoms with Crippen LogP contribution in [0, 0.1) is 11.3 Å². The summed E-state index contributed by atoms with van der Waals surface area (Å²) < 4.78 is 6.17. The third-order valence-electron chi connectivity index (χ3n) is 5.15. The van der Waals surface area contributed by atoms with Gasteiger partial charge in [0.05, 0.1) is 12.8 Å². The van der Waals surface area contributed by atoms with Crippen molar-refractivity contribution in [3.8, 4) is 0 Å². The molecule has 0 aromatic carbocycles. The highest BCUT2D eigenvalue weighted by Gasteiger charge is 2.38. The Morgan fingerprint density at radius 2 is 2.12 bits per heavy atom. The van der Waals surface area contributed by atoms with E-state index in [2.05, 4.69) is 40.7 Å². The van der Waals surface area contributed by atoms with E-state index in [4.69, 9.17) is 10.5 Å². The second kappa shape index (κ2) is 6.71. The number of methoxy groups -OCH3 is 1. The number of carbonyl (C=O) groups excluding carboxylic acids is 1. The number of esters is 1. The van der Waals surface area contributed by atoms with Crippen LogP contribution in [0.15, 0.2) is 10.9 Å². The number of aromatic amines is 1. The topological polar surface area (TPSA) is 119 Å². The molecule has 0 bridgehead atoms. The molecule has 2 atom stereocenters. The van der Waals surface area contributed by atoms with E-state index in [0.717, 1.165) is 19.4 Å². The SMILES string of the molecule is COC(=O)C1CCC(C(C)(C)C)CN1Cc1cc(=O)n2[nH]c(N)nc2n1. The highest BCUT2D eigenvalue weighted by molar-refractivity contribution is 5.75. The largest absolute Gasteiger partial charge is 0.468 e. The highest BCUT2D eigenvalue weighted by Crippen LogP contribution is 2.36. The second-order valence-electron chi connectivity index (χ2n) is 7.94. The summed E-state index contributed by atoms with van der Waals surface area (Å²) in [5.74, 6) is 0.544. The highest BCUT2D eigenvalue weighted by atomic mass is 16.5. The van der Waals surface area contributed by atoms with E-state index in [1.807, 2.05) is 0 Å². The number of nitrogens with two attached hydrogens (primary N) is 1. The standard InChI is InChI=1S/C17H26N6O3/c1-17(2,3)10-5-6-12(14(25)26-4)22(8-10)9-11-7-13(24)23-16(19-11)20-15(18)21-23/h7,10,12H,5-6,8-9H2,1-4H3,(H3,18,19,20,21). The molecule has 0 saturated carbocycles. The Hall–Kier alpha value is -2.42. The van der Waals surface area contributed by atoms with E-state index in [0.29, 0.717) is 18.2 Å².